The summed E-state index contributed by atoms with van der Waals surface area (Å²) in [5.41, 5.74) is 4.29. The van der Waals surface area contributed by atoms with Crippen LogP contribution in [0.25, 0.3) is 0 Å². The van der Waals surface area contributed by atoms with E-state index in [9.17, 15) is 5.11 Å². The van der Waals surface area contributed by atoms with Crippen LogP contribution < -0.4 is 4.74 Å². The number of fused-ring (bicyclic) bond motifs is 1. The largest absolute Gasteiger partial charge is 0.492 e. The molecule has 0 bridgehead atoms. The van der Waals surface area contributed by atoms with Gasteiger partial charge in [-0.25, -0.2) is 4.98 Å². The molecule has 1 aliphatic rings. The molecule has 28 heavy (non-hydrogen) atoms. The lowest BCUT2D eigenvalue weighted by Crippen LogP contribution is -2.36. The number of hydrogen-bond donors (Lipinski definition) is 1. The van der Waals surface area contributed by atoms with Gasteiger partial charge in [-0.1, -0.05) is 6.07 Å². The van der Waals surface area contributed by atoms with Crippen molar-refractivity contribution in [3.05, 3.63) is 65.0 Å². The molecule has 1 aromatic carbocycles. The Bertz CT molecular complexity index is 962. The van der Waals surface area contributed by atoms with Gasteiger partial charge in [0.25, 0.3) is 0 Å². The zero-order valence-corrected chi connectivity index (χ0v) is 16.7. The Morgan fingerprint density at radius 2 is 2.04 bits per heavy atom. The summed E-state index contributed by atoms with van der Waals surface area (Å²) in [6.45, 7) is 8.25. The van der Waals surface area contributed by atoms with Gasteiger partial charge in [0.2, 0.25) is 0 Å². The van der Waals surface area contributed by atoms with Crippen LogP contribution in [0.2, 0.25) is 0 Å². The Labute approximate surface area is 165 Å². The predicted molar refractivity (Wildman–Crippen MR) is 106 cm³/mol. The zero-order chi connectivity index (χ0) is 19.7. The number of hydrogen-bond acceptors (Lipinski definition) is 5. The van der Waals surface area contributed by atoms with E-state index in [0.717, 1.165) is 37.6 Å². The van der Waals surface area contributed by atoms with Crippen molar-refractivity contribution < 1.29 is 9.84 Å². The summed E-state index contributed by atoms with van der Waals surface area (Å²) >= 11 is 0. The van der Waals surface area contributed by atoms with Crippen molar-refractivity contribution in [1.82, 2.24) is 24.2 Å². The van der Waals surface area contributed by atoms with E-state index in [4.69, 9.17) is 4.74 Å². The summed E-state index contributed by atoms with van der Waals surface area (Å²) in [5, 5.41) is 15.2. The summed E-state index contributed by atoms with van der Waals surface area (Å²) in [6, 6.07) is 8.19. The molecule has 7 heteroatoms. The molecule has 0 amide bonds. The minimum atomic E-state index is -0.806. The molecule has 7 nitrogen and oxygen atoms in total. The van der Waals surface area contributed by atoms with E-state index < -0.39 is 6.10 Å². The van der Waals surface area contributed by atoms with Crippen LogP contribution in [0.4, 0.5) is 0 Å². The van der Waals surface area contributed by atoms with E-state index in [2.05, 4.69) is 41.0 Å². The van der Waals surface area contributed by atoms with Gasteiger partial charge in [-0.15, -0.1) is 0 Å². The van der Waals surface area contributed by atoms with E-state index in [0.29, 0.717) is 18.1 Å². The Morgan fingerprint density at radius 1 is 1.18 bits per heavy atom. The molecular formula is C21H27N5O2. The molecule has 1 aliphatic heterocycles. The quantitative estimate of drug-likeness (QED) is 0.709. The van der Waals surface area contributed by atoms with Gasteiger partial charge in [-0.05, 0) is 43.2 Å². The average Bonchev–Trinajstić information content (AvgIpc) is 3.30. The van der Waals surface area contributed by atoms with Gasteiger partial charge in [0.15, 0.2) is 6.10 Å². The zero-order valence-electron chi connectivity index (χ0n) is 16.7. The van der Waals surface area contributed by atoms with Crippen molar-refractivity contribution in [2.45, 2.75) is 33.0 Å². The van der Waals surface area contributed by atoms with Crippen molar-refractivity contribution in [1.29, 1.82) is 0 Å². The van der Waals surface area contributed by atoms with E-state index in [1.807, 2.05) is 34.6 Å². The molecule has 4 rings (SSSR count). The predicted octanol–water partition coefficient (Wildman–Crippen LogP) is 2.21. The maximum Gasteiger partial charge on any atom is 0.155 e. The lowest BCUT2D eigenvalue weighted by atomic mass is 10.1. The van der Waals surface area contributed by atoms with Crippen molar-refractivity contribution in [2.75, 3.05) is 19.7 Å². The summed E-state index contributed by atoms with van der Waals surface area (Å²) in [5.74, 6) is 1.53. The van der Waals surface area contributed by atoms with Crippen molar-refractivity contribution >= 4 is 0 Å². The maximum absolute atomic E-state index is 10.6. The summed E-state index contributed by atoms with van der Waals surface area (Å²) in [4.78, 5) is 6.59. The lowest BCUT2D eigenvalue weighted by molar-refractivity contribution is 0.171. The smallest absolute Gasteiger partial charge is 0.155 e. The average molecular weight is 381 g/mol. The van der Waals surface area contributed by atoms with E-state index in [1.165, 1.54) is 11.1 Å². The SMILES string of the molecule is Cc1ccc(OCCN2CCn3nc([C@@H](O)c4nccn4C)cc3C2)cc1C. The first-order chi connectivity index (χ1) is 13.5. The molecule has 0 fully saturated rings. The standard InChI is InChI=1S/C21H27N5O2/c1-15-4-5-18(12-16(15)2)28-11-10-25-8-9-26-17(14-25)13-19(23-26)20(27)21-22-6-7-24(21)3/h4-7,12-13,20,27H,8-11,14H2,1-3H3/t20-/m1/s1. The Balaban J connectivity index is 1.35. The van der Waals surface area contributed by atoms with Crippen LogP contribution in [-0.4, -0.2) is 49.0 Å². The molecule has 0 saturated carbocycles. The molecule has 3 heterocycles. The molecule has 0 unspecified atom stereocenters. The first kappa shape index (κ1) is 18.7. The summed E-state index contributed by atoms with van der Waals surface area (Å²) in [6.07, 6.45) is 2.71. The number of rotatable bonds is 6. The number of nitrogens with zero attached hydrogens (tertiary/aromatic N) is 5. The van der Waals surface area contributed by atoms with E-state index >= 15 is 0 Å². The van der Waals surface area contributed by atoms with E-state index in [1.54, 1.807) is 6.20 Å². The number of benzene rings is 1. The highest BCUT2D eigenvalue weighted by atomic mass is 16.5. The van der Waals surface area contributed by atoms with Crippen molar-refractivity contribution in [3.63, 3.8) is 0 Å². The maximum atomic E-state index is 10.6. The second-order valence-corrected chi connectivity index (χ2v) is 7.45. The Morgan fingerprint density at radius 3 is 2.79 bits per heavy atom. The lowest BCUT2D eigenvalue weighted by Gasteiger charge is -2.27. The first-order valence-corrected chi connectivity index (χ1v) is 9.65. The number of imidazole rings is 1. The van der Waals surface area contributed by atoms with Gasteiger partial charge in [0, 0.05) is 39.1 Å². The third-order valence-corrected chi connectivity index (χ3v) is 5.43. The third-order valence-electron chi connectivity index (χ3n) is 5.43. The molecule has 2 aromatic heterocycles. The van der Waals surface area contributed by atoms with Gasteiger partial charge < -0.3 is 14.4 Å². The van der Waals surface area contributed by atoms with Crippen LogP contribution >= 0.6 is 0 Å². The molecule has 1 N–H and O–H groups in total. The highest BCUT2D eigenvalue weighted by molar-refractivity contribution is 5.33. The van der Waals surface area contributed by atoms with Gasteiger partial charge in [-0.3, -0.25) is 9.58 Å². The van der Waals surface area contributed by atoms with Gasteiger partial charge in [-0.2, -0.15) is 5.10 Å². The molecule has 0 radical (unpaired) electrons. The summed E-state index contributed by atoms with van der Waals surface area (Å²) in [7, 11) is 1.87. The fraction of sp³-hybridized carbons (Fsp3) is 0.429. The molecule has 0 saturated heterocycles. The van der Waals surface area contributed by atoms with Gasteiger partial charge in [0.1, 0.15) is 18.2 Å². The van der Waals surface area contributed by atoms with Crippen LogP contribution in [0.5, 0.6) is 5.75 Å². The molecule has 0 aliphatic carbocycles. The second kappa shape index (κ2) is 7.77. The van der Waals surface area contributed by atoms with E-state index in [-0.39, 0.29) is 0 Å². The number of aromatic nitrogens is 4. The second-order valence-electron chi connectivity index (χ2n) is 7.45. The molecular weight excluding hydrogens is 354 g/mol. The van der Waals surface area contributed by atoms with Crippen molar-refractivity contribution in [2.24, 2.45) is 7.05 Å². The topological polar surface area (TPSA) is 68.3 Å². The fourth-order valence-corrected chi connectivity index (χ4v) is 3.54. The molecule has 1 atom stereocenters. The number of aliphatic hydroxyl groups is 1. The number of ether oxygens (including phenoxy) is 1. The number of aliphatic hydroxyl groups excluding tert-OH is 1. The highest BCUT2D eigenvalue weighted by Crippen LogP contribution is 2.22. The monoisotopic (exact) mass is 381 g/mol. The number of aryl methyl sites for hydroxylation is 3. The minimum absolute atomic E-state index is 0.606. The molecule has 0 spiro atoms. The third kappa shape index (κ3) is 3.81. The van der Waals surface area contributed by atoms with Crippen LogP contribution in [-0.2, 0) is 20.1 Å². The normalized spacial score (nSPS) is 15.4. The van der Waals surface area contributed by atoms with Crippen LogP contribution in [0.15, 0.2) is 36.7 Å². The first-order valence-electron chi connectivity index (χ1n) is 9.65. The van der Waals surface area contributed by atoms with Crippen molar-refractivity contribution in [3.8, 4) is 5.75 Å². The highest BCUT2D eigenvalue weighted by Gasteiger charge is 2.23. The molecule has 148 valence electrons. The summed E-state index contributed by atoms with van der Waals surface area (Å²) < 4.78 is 9.73. The van der Waals surface area contributed by atoms with Crippen LogP contribution in [0.3, 0.4) is 0 Å². The van der Waals surface area contributed by atoms with Gasteiger partial charge >= 0.3 is 0 Å². The molecule has 3 aromatic rings. The Kier molecular flexibility index (Phi) is 5.19. The fourth-order valence-electron chi connectivity index (χ4n) is 3.54. The van der Waals surface area contributed by atoms with Crippen LogP contribution in [0.1, 0.15) is 34.4 Å². The van der Waals surface area contributed by atoms with Crippen LogP contribution in [0, 0.1) is 13.8 Å². The Hall–Kier alpha value is -2.64. The van der Waals surface area contributed by atoms with Gasteiger partial charge in [0.05, 0.1) is 17.9 Å². The minimum Gasteiger partial charge on any atom is -0.492 e.